The molecule has 0 aliphatic carbocycles. The third kappa shape index (κ3) is 2.62. The SMILES string of the molecule is O=S(=O)(Nc1nncs1)N1CCNCC1. The summed E-state index contributed by atoms with van der Waals surface area (Å²) in [5.74, 6) is 0. The van der Waals surface area contributed by atoms with Crippen LogP contribution < -0.4 is 10.0 Å². The van der Waals surface area contributed by atoms with Crippen molar-refractivity contribution >= 4 is 26.7 Å². The summed E-state index contributed by atoms with van der Waals surface area (Å²) in [5.41, 5.74) is 1.48. The molecular formula is C6H11N5O2S2. The van der Waals surface area contributed by atoms with Crippen LogP contribution in [0.5, 0.6) is 0 Å². The lowest BCUT2D eigenvalue weighted by atomic mass is 10.4. The van der Waals surface area contributed by atoms with Gasteiger partial charge in [0.2, 0.25) is 5.13 Å². The van der Waals surface area contributed by atoms with Gasteiger partial charge in [-0.3, -0.25) is 0 Å². The molecule has 7 nitrogen and oxygen atoms in total. The second kappa shape index (κ2) is 4.39. The molecule has 1 aliphatic heterocycles. The summed E-state index contributed by atoms with van der Waals surface area (Å²) < 4.78 is 27.3. The topological polar surface area (TPSA) is 87.2 Å². The largest absolute Gasteiger partial charge is 0.314 e. The fraction of sp³-hybridized carbons (Fsp3) is 0.667. The maximum Gasteiger partial charge on any atom is 0.303 e. The molecule has 0 spiro atoms. The van der Waals surface area contributed by atoms with E-state index in [1.165, 1.54) is 9.82 Å². The Morgan fingerprint density at radius 3 is 2.80 bits per heavy atom. The van der Waals surface area contributed by atoms with Crippen molar-refractivity contribution in [2.24, 2.45) is 0 Å². The van der Waals surface area contributed by atoms with Crippen LogP contribution >= 0.6 is 11.3 Å². The molecule has 1 fully saturated rings. The van der Waals surface area contributed by atoms with Crippen LogP contribution in [0.25, 0.3) is 0 Å². The Bertz CT molecular complexity index is 397. The summed E-state index contributed by atoms with van der Waals surface area (Å²) in [4.78, 5) is 0. The first-order chi connectivity index (χ1) is 7.18. The van der Waals surface area contributed by atoms with Crippen LogP contribution in [0.15, 0.2) is 5.51 Å². The fourth-order valence-electron chi connectivity index (χ4n) is 1.28. The minimum absolute atomic E-state index is 0.300. The number of anilines is 1. The van der Waals surface area contributed by atoms with Crippen LogP contribution in [0.3, 0.4) is 0 Å². The van der Waals surface area contributed by atoms with Gasteiger partial charge in [-0.2, -0.15) is 12.7 Å². The van der Waals surface area contributed by atoms with Crippen LogP contribution in [0, 0.1) is 0 Å². The number of aromatic nitrogens is 2. The molecule has 0 unspecified atom stereocenters. The zero-order chi connectivity index (χ0) is 10.7. The smallest absolute Gasteiger partial charge is 0.303 e. The highest BCUT2D eigenvalue weighted by atomic mass is 32.2. The van der Waals surface area contributed by atoms with Crippen molar-refractivity contribution in [3.05, 3.63) is 5.51 Å². The highest BCUT2D eigenvalue weighted by molar-refractivity contribution is 7.90. The molecule has 1 aromatic rings. The lowest BCUT2D eigenvalue weighted by Gasteiger charge is -2.26. The monoisotopic (exact) mass is 249 g/mol. The third-order valence-electron chi connectivity index (χ3n) is 1.99. The van der Waals surface area contributed by atoms with E-state index in [9.17, 15) is 8.42 Å². The van der Waals surface area contributed by atoms with Crippen molar-refractivity contribution in [2.45, 2.75) is 0 Å². The van der Waals surface area contributed by atoms with E-state index in [-0.39, 0.29) is 0 Å². The van der Waals surface area contributed by atoms with E-state index in [0.717, 1.165) is 11.3 Å². The van der Waals surface area contributed by atoms with Gasteiger partial charge in [0.25, 0.3) is 0 Å². The third-order valence-corrected chi connectivity index (χ3v) is 4.22. The van der Waals surface area contributed by atoms with Gasteiger partial charge < -0.3 is 5.32 Å². The summed E-state index contributed by atoms with van der Waals surface area (Å²) in [7, 11) is -3.46. The van der Waals surface area contributed by atoms with E-state index in [4.69, 9.17) is 0 Å². The second-order valence-electron chi connectivity index (χ2n) is 3.00. The summed E-state index contributed by atoms with van der Waals surface area (Å²) >= 11 is 1.16. The zero-order valence-corrected chi connectivity index (χ0v) is 9.51. The molecule has 0 bridgehead atoms. The number of hydrogen-bond acceptors (Lipinski definition) is 6. The van der Waals surface area contributed by atoms with Crippen molar-refractivity contribution in [1.82, 2.24) is 19.8 Å². The molecule has 1 saturated heterocycles. The van der Waals surface area contributed by atoms with Gasteiger partial charge >= 0.3 is 10.2 Å². The van der Waals surface area contributed by atoms with Crippen LogP contribution in [0.2, 0.25) is 0 Å². The molecule has 0 saturated carbocycles. The predicted octanol–water partition coefficient (Wildman–Crippen LogP) is -0.900. The number of rotatable bonds is 3. The van der Waals surface area contributed by atoms with E-state index >= 15 is 0 Å². The zero-order valence-electron chi connectivity index (χ0n) is 7.88. The maximum absolute atomic E-state index is 11.8. The molecule has 0 aromatic carbocycles. The molecule has 1 aliphatic rings. The Morgan fingerprint density at radius 2 is 2.20 bits per heavy atom. The quantitative estimate of drug-likeness (QED) is 0.725. The van der Waals surface area contributed by atoms with Crippen molar-refractivity contribution in [2.75, 3.05) is 30.9 Å². The number of piperazine rings is 1. The summed E-state index contributed by atoms with van der Waals surface area (Å²) in [6.45, 7) is 2.32. The van der Waals surface area contributed by atoms with Crippen molar-refractivity contribution < 1.29 is 8.42 Å². The molecule has 2 rings (SSSR count). The Balaban J connectivity index is 2.05. The van der Waals surface area contributed by atoms with Gasteiger partial charge in [0.05, 0.1) is 0 Å². The van der Waals surface area contributed by atoms with Gasteiger partial charge in [0.1, 0.15) is 5.51 Å². The average Bonchev–Trinajstić information content (AvgIpc) is 2.71. The number of nitrogens with zero attached hydrogens (tertiary/aromatic N) is 3. The molecule has 1 aromatic heterocycles. The Hall–Kier alpha value is -0.770. The normalized spacial score (nSPS) is 18.9. The molecule has 0 amide bonds. The van der Waals surface area contributed by atoms with E-state index in [0.29, 0.717) is 31.3 Å². The van der Waals surface area contributed by atoms with Gasteiger partial charge in [-0.1, -0.05) is 11.3 Å². The van der Waals surface area contributed by atoms with Crippen LogP contribution in [0.4, 0.5) is 5.13 Å². The number of nitrogens with one attached hydrogen (secondary N) is 2. The minimum atomic E-state index is -3.46. The minimum Gasteiger partial charge on any atom is -0.314 e. The molecule has 2 N–H and O–H groups in total. The predicted molar refractivity (Wildman–Crippen MR) is 56.9 cm³/mol. The van der Waals surface area contributed by atoms with Gasteiger partial charge in [-0.05, 0) is 0 Å². The molecule has 0 radical (unpaired) electrons. The van der Waals surface area contributed by atoms with Crippen molar-refractivity contribution in [1.29, 1.82) is 0 Å². The van der Waals surface area contributed by atoms with Crippen molar-refractivity contribution in [3.63, 3.8) is 0 Å². The van der Waals surface area contributed by atoms with Gasteiger partial charge in [-0.25, -0.2) is 4.72 Å². The molecule has 84 valence electrons. The first kappa shape index (κ1) is 10.7. The summed E-state index contributed by atoms with van der Waals surface area (Å²) in [6.07, 6.45) is 0. The van der Waals surface area contributed by atoms with E-state index in [2.05, 4.69) is 20.2 Å². The number of hydrogen-bond donors (Lipinski definition) is 2. The fourth-order valence-corrected chi connectivity index (χ4v) is 3.13. The lowest BCUT2D eigenvalue weighted by Crippen LogP contribution is -2.48. The van der Waals surface area contributed by atoms with E-state index in [1.807, 2.05) is 0 Å². The first-order valence-electron chi connectivity index (χ1n) is 4.43. The van der Waals surface area contributed by atoms with Crippen LogP contribution in [-0.4, -0.2) is 49.1 Å². The molecular weight excluding hydrogens is 238 g/mol. The highest BCUT2D eigenvalue weighted by Gasteiger charge is 2.24. The second-order valence-corrected chi connectivity index (χ2v) is 5.50. The standard InChI is InChI=1S/C6H11N5O2S2/c12-15(13,10-6-9-8-5-14-6)11-3-1-7-2-4-11/h5,7H,1-4H2,(H,9,10). The van der Waals surface area contributed by atoms with Crippen molar-refractivity contribution in [3.8, 4) is 0 Å². The van der Waals surface area contributed by atoms with E-state index in [1.54, 1.807) is 0 Å². The first-order valence-corrected chi connectivity index (χ1v) is 6.75. The highest BCUT2D eigenvalue weighted by Crippen LogP contribution is 2.12. The Labute approximate surface area is 91.7 Å². The van der Waals surface area contributed by atoms with Crippen LogP contribution in [0.1, 0.15) is 0 Å². The van der Waals surface area contributed by atoms with Gasteiger partial charge in [-0.15, -0.1) is 10.2 Å². The molecule has 9 heteroatoms. The van der Waals surface area contributed by atoms with E-state index < -0.39 is 10.2 Å². The maximum atomic E-state index is 11.8. The molecule has 0 atom stereocenters. The Kier molecular flexibility index (Phi) is 3.14. The van der Waals surface area contributed by atoms with Gasteiger partial charge in [0, 0.05) is 26.2 Å². The summed E-state index contributed by atoms with van der Waals surface area (Å²) in [6, 6.07) is 0. The van der Waals surface area contributed by atoms with Crippen LogP contribution in [-0.2, 0) is 10.2 Å². The molecule has 2 heterocycles. The average molecular weight is 249 g/mol. The van der Waals surface area contributed by atoms with Gasteiger partial charge in [0.15, 0.2) is 0 Å². The lowest BCUT2D eigenvalue weighted by molar-refractivity contribution is 0.362. The summed E-state index contributed by atoms with van der Waals surface area (Å²) in [5, 5.41) is 10.6. The molecule has 15 heavy (non-hydrogen) atoms. The Morgan fingerprint density at radius 1 is 1.47 bits per heavy atom.